The summed E-state index contributed by atoms with van der Waals surface area (Å²) in [6.45, 7) is 4.15. The van der Waals surface area contributed by atoms with E-state index >= 15 is 0 Å². The maximum atomic E-state index is 13.6. The summed E-state index contributed by atoms with van der Waals surface area (Å²) in [5, 5.41) is 2.87. The van der Waals surface area contributed by atoms with Crippen LogP contribution in [-0.2, 0) is 4.79 Å². The number of nitrogens with zero attached hydrogens (tertiary/aromatic N) is 2. The lowest BCUT2D eigenvalue weighted by molar-refractivity contribution is -0.121. The minimum Gasteiger partial charge on any atom is -0.493 e. The Balaban J connectivity index is 1.74. The van der Waals surface area contributed by atoms with E-state index in [1.54, 1.807) is 40.1 Å². The van der Waals surface area contributed by atoms with Crippen LogP contribution >= 0.6 is 0 Å². The van der Waals surface area contributed by atoms with Crippen LogP contribution in [0.1, 0.15) is 59.1 Å². The fraction of sp³-hybridized carbons (Fsp3) is 0.375. The average molecular weight is 437 g/mol. The van der Waals surface area contributed by atoms with Crippen LogP contribution in [0.2, 0.25) is 0 Å². The highest BCUT2D eigenvalue weighted by Crippen LogP contribution is 2.49. The molecule has 0 saturated heterocycles. The van der Waals surface area contributed by atoms with Gasteiger partial charge in [-0.15, -0.1) is 0 Å². The van der Waals surface area contributed by atoms with Crippen LogP contribution in [0.3, 0.4) is 0 Å². The first kappa shape index (κ1) is 21.7. The third kappa shape index (κ3) is 3.45. The van der Waals surface area contributed by atoms with E-state index in [-0.39, 0.29) is 23.8 Å². The molecule has 0 aromatic heterocycles. The van der Waals surface area contributed by atoms with Crippen molar-refractivity contribution in [1.82, 2.24) is 10.2 Å². The minimum absolute atomic E-state index is 0.0586. The summed E-state index contributed by atoms with van der Waals surface area (Å²) in [6.07, 6.45) is 0.171. The number of ether oxygens (including phenoxy) is 2. The van der Waals surface area contributed by atoms with Crippen molar-refractivity contribution in [2.75, 3.05) is 25.7 Å². The van der Waals surface area contributed by atoms with E-state index in [4.69, 9.17) is 9.47 Å². The molecule has 1 atom stereocenters. The molecule has 8 nitrogen and oxygen atoms in total. The molecular weight excluding hydrogens is 410 g/mol. The number of rotatable bonds is 7. The maximum Gasteiger partial charge on any atom is 0.264 e. The van der Waals surface area contributed by atoms with E-state index in [1.165, 1.54) is 14.2 Å². The molecule has 4 rings (SSSR count). The zero-order chi connectivity index (χ0) is 23.0. The van der Waals surface area contributed by atoms with Crippen molar-refractivity contribution >= 4 is 23.4 Å². The number of hydrogen-bond acceptors (Lipinski definition) is 5. The molecule has 0 bridgehead atoms. The van der Waals surface area contributed by atoms with Crippen LogP contribution in [0.4, 0.5) is 5.69 Å². The third-order valence-corrected chi connectivity index (χ3v) is 5.74. The fourth-order valence-corrected chi connectivity index (χ4v) is 4.46. The van der Waals surface area contributed by atoms with Crippen LogP contribution in [-0.4, -0.2) is 49.4 Å². The highest BCUT2D eigenvalue weighted by Gasteiger charge is 2.49. The number of hydrogen-bond donors (Lipinski definition) is 1. The summed E-state index contributed by atoms with van der Waals surface area (Å²) in [5.74, 6) is 0.336. The summed E-state index contributed by atoms with van der Waals surface area (Å²) >= 11 is 0. The number of para-hydroxylation sites is 1. The molecule has 0 fully saturated rings. The van der Waals surface area contributed by atoms with Crippen LogP contribution < -0.4 is 19.7 Å². The van der Waals surface area contributed by atoms with Crippen LogP contribution in [0.5, 0.6) is 11.5 Å². The Hall–Kier alpha value is -3.55. The number of methoxy groups -OCH3 is 2. The monoisotopic (exact) mass is 437 g/mol. The summed E-state index contributed by atoms with van der Waals surface area (Å²) in [5.41, 5.74) is 2.10. The molecule has 0 saturated carbocycles. The van der Waals surface area contributed by atoms with Crippen molar-refractivity contribution in [1.29, 1.82) is 0 Å². The quantitative estimate of drug-likeness (QED) is 0.719. The standard InChI is InChI=1S/C24H27N3O5/c1-14(2)25-19(28)10-7-13-26-22-16-11-12-18(31-3)21(32-4)20(16)24(30)27(22)17-9-6-5-8-15(17)23(26)29/h5-6,8-9,11-12,14,22H,7,10,13H2,1-4H3,(H,25,28)/t22-/m1/s1. The molecule has 2 aliphatic heterocycles. The second kappa shape index (κ2) is 8.53. The predicted molar refractivity (Wildman–Crippen MR) is 119 cm³/mol. The maximum absolute atomic E-state index is 13.6. The molecule has 0 spiro atoms. The molecule has 168 valence electrons. The zero-order valence-electron chi connectivity index (χ0n) is 18.7. The first-order chi connectivity index (χ1) is 15.4. The molecule has 2 aromatic carbocycles. The summed E-state index contributed by atoms with van der Waals surface area (Å²) in [7, 11) is 3.01. The Bertz CT molecular complexity index is 1080. The van der Waals surface area contributed by atoms with E-state index in [1.807, 2.05) is 19.9 Å². The Morgan fingerprint density at radius 1 is 1.06 bits per heavy atom. The van der Waals surface area contributed by atoms with Gasteiger partial charge in [0, 0.05) is 24.6 Å². The normalized spacial score (nSPS) is 16.6. The van der Waals surface area contributed by atoms with E-state index in [0.29, 0.717) is 53.3 Å². The van der Waals surface area contributed by atoms with Gasteiger partial charge < -0.3 is 19.7 Å². The second-order valence-electron chi connectivity index (χ2n) is 8.16. The average Bonchev–Trinajstić information content (AvgIpc) is 3.07. The Labute approximate surface area is 187 Å². The molecule has 2 aliphatic rings. The number of carbonyl (C=O) groups excluding carboxylic acids is 3. The van der Waals surface area contributed by atoms with Crippen molar-refractivity contribution in [2.45, 2.75) is 38.9 Å². The smallest absolute Gasteiger partial charge is 0.264 e. The highest BCUT2D eigenvalue weighted by atomic mass is 16.5. The number of anilines is 1. The number of amides is 3. The van der Waals surface area contributed by atoms with E-state index < -0.39 is 6.17 Å². The summed E-state index contributed by atoms with van der Waals surface area (Å²) in [4.78, 5) is 42.4. The molecule has 0 unspecified atom stereocenters. The summed E-state index contributed by atoms with van der Waals surface area (Å²) in [6, 6.07) is 10.7. The Morgan fingerprint density at radius 3 is 2.50 bits per heavy atom. The van der Waals surface area contributed by atoms with Gasteiger partial charge in [0.2, 0.25) is 5.91 Å². The van der Waals surface area contributed by atoms with Gasteiger partial charge in [0.25, 0.3) is 11.8 Å². The highest BCUT2D eigenvalue weighted by molar-refractivity contribution is 6.18. The van der Waals surface area contributed by atoms with Crippen molar-refractivity contribution in [3.05, 3.63) is 53.1 Å². The first-order valence-electron chi connectivity index (χ1n) is 10.7. The zero-order valence-corrected chi connectivity index (χ0v) is 18.7. The van der Waals surface area contributed by atoms with Gasteiger partial charge in [0.1, 0.15) is 6.17 Å². The van der Waals surface area contributed by atoms with Crippen LogP contribution in [0.25, 0.3) is 0 Å². The van der Waals surface area contributed by atoms with E-state index in [2.05, 4.69) is 5.32 Å². The molecule has 0 radical (unpaired) electrons. The minimum atomic E-state index is -0.604. The largest absolute Gasteiger partial charge is 0.493 e. The molecule has 2 aromatic rings. The first-order valence-corrected chi connectivity index (χ1v) is 10.7. The number of carbonyl (C=O) groups is 3. The van der Waals surface area contributed by atoms with Gasteiger partial charge in [0.05, 0.1) is 31.0 Å². The molecule has 1 N–H and O–H groups in total. The lowest BCUT2D eigenvalue weighted by Gasteiger charge is -2.41. The molecule has 32 heavy (non-hydrogen) atoms. The lowest BCUT2D eigenvalue weighted by atomic mass is 10.0. The Morgan fingerprint density at radius 2 is 1.81 bits per heavy atom. The molecule has 0 aliphatic carbocycles. The van der Waals surface area contributed by atoms with Gasteiger partial charge in [-0.25, -0.2) is 0 Å². The van der Waals surface area contributed by atoms with E-state index in [9.17, 15) is 14.4 Å². The van der Waals surface area contributed by atoms with Crippen molar-refractivity contribution < 1.29 is 23.9 Å². The molecular formula is C24H27N3O5. The Kier molecular flexibility index (Phi) is 5.78. The van der Waals surface area contributed by atoms with Gasteiger partial charge in [-0.05, 0) is 38.5 Å². The molecule has 8 heteroatoms. The van der Waals surface area contributed by atoms with Crippen molar-refractivity contribution in [2.24, 2.45) is 0 Å². The SMILES string of the molecule is COc1ccc2c(c1OC)C(=O)N1c3ccccc3C(=O)N(CCCC(=O)NC(C)C)[C@@H]21. The van der Waals surface area contributed by atoms with Gasteiger partial charge in [-0.2, -0.15) is 0 Å². The number of benzene rings is 2. The third-order valence-electron chi connectivity index (χ3n) is 5.74. The van der Waals surface area contributed by atoms with Gasteiger partial charge in [0.15, 0.2) is 11.5 Å². The van der Waals surface area contributed by atoms with Gasteiger partial charge >= 0.3 is 0 Å². The predicted octanol–water partition coefficient (Wildman–Crippen LogP) is 3.12. The molecule has 2 heterocycles. The topological polar surface area (TPSA) is 88.2 Å². The van der Waals surface area contributed by atoms with Gasteiger partial charge in [-0.1, -0.05) is 18.2 Å². The number of fused-ring (bicyclic) bond motifs is 5. The lowest BCUT2D eigenvalue weighted by Crippen LogP contribution is -2.48. The summed E-state index contributed by atoms with van der Waals surface area (Å²) < 4.78 is 10.9. The van der Waals surface area contributed by atoms with Gasteiger partial charge in [-0.3, -0.25) is 19.3 Å². The number of nitrogens with one attached hydrogen (secondary N) is 1. The van der Waals surface area contributed by atoms with Crippen LogP contribution in [0, 0.1) is 0 Å². The van der Waals surface area contributed by atoms with Crippen LogP contribution in [0.15, 0.2) is 36.4 Å². The van der Waals surface area contributed by atoms with Crippen molar-refractivity contribution in [3.63, 3.8) is 0 Å². The fourth-order valence-electron chi connectivity index (χ4n) is 4.46. The van der Waals surface area contributed by atoms with E-state index in [0.717, 1.165) is 0 Å². The second-order valence-corrected chi connectivity index (χ2v) is 8.16. The molecule has 3 amide bonds. The van der Waals surface area contributed by atoms with Crippen molar-refractivity contribution in [3.8, 4) is 11.5 Å².